The molecule has 7 aromatic carbocycles. The van der Waals surface area contributed by atoms with Crippen LogP contribution in [-0.4, -0.2) is 9.55 Å². The van der Waals surface area contributed by atoms with E-state index in [1.54, 1.807) is 17.6 Å². The summed E-state index contributed by atoms with van der Waals surface area (Å²) in [5.74, 6) is -8.53. The number of fused-ring (bicyclic) bond motifs is 4. The number of rotatable bonds is 7. The topological polar surface area (TPSA) is 33.5 Å². The summed E-state index contributed by atoms with van der Waals surface area (Å²) >= 11 is 0. The number of pyridine rings is 1. The first-order valence-corrected chi connectivity index (χ1v) is 26.5. The van der Waals surface area contributed by atoms with Crippen LogP contribution >= 0.6 is 0 Å². The van der Waals surface area contributed by atoms with E-state index in [1.807, 2.05) is 92.5 Å². The minimum atomic E-state index is -2.22. The minimum Gasteiger partial charge on any atom is -0.509 e. The van der Waals surface area contributed by atoms with Crippen LogP contribution in [0.25, 0.3) is 49.9 Å². The van der Waals surface area contributed by atoms with E-state index in [-0.39, 0.29) is 54.0 Å². The summed E-state index contributed by atoms with van der Waals surface area (Å²) in [4.78, 5) is 8.60. The average Bonchev–Trinajstić information content (AvgIpc) is 4.20. The molecule has 0 unspecified atom stereocenters. The summed E-state index contributed by atoms with van der Waals surface area (Å²) in [5.41, 5.74) is 8.14. The molecule has 5 nitrogen and oxygen atoms in total. The van der Waals surface area contributed by atoms with E-state index >= 15 is 17.6 Å². The largest absolute Gasteiger partial charge is 0.509 e. The van der Waals surface area contributed by atoms with Crippen LogP contribution in [0.1, 0.15) is 132 Å². The fourth-order valence-electron chi connectivity index (χ4n) is 10.7. The molecule has 0 radical (unpaired) electrons. The fraction of sp³-hybridized carbons (Fsp3) is 0.294. The standard InChI is InChI=1S/C68H66F5N4O.Pt/c1-64(2,3)40-29-30-74-55(35-40)77-51-24-17-16-21-45(51)46-28-27-43(37-54(46)77)78-44-32-39(56-49(67(10,11)12)33-41(65(4,5)6)34-50(56)68(13,14)15)31-42(36-44)75-38-76(53-26-19-18-25-52(53)75)63-47(22-20-23-48(63)66(7,8)9)57-58(69)60(71)62(73)61(72)59(57)70;/h16-35,38H,1-15H3;/q-3;. The van der Waals surface area contributed by atoms with Gasteiger partial charge >= 0.3 is 0 Å². The van der Waals surface area contributed by atoms with Crippen LogP contribution in [0.3, 0.4) is 0 Å². The summed E-state index contributed by atoms with van der Waals surface area (Å²) in [5, 5.41) is 2.02. The van der Waals surface area contributed by atoms with Crippen molar-refractivity contribution in [2.24, 2.45) is 0 Å². The van der Waals surface area contributed by atoms with Gasteiger partial charge in [-0.3, -0.25) is 0 Å². The molecule has 3 heterocycles. The molecule has 0 saturated heterocycles. The Labute approximate surface area is 476 Å². The molecule has 0 atom stereocenters. The summed E-state index contributed by atoms with van der Waals surface area (Å²) in [6.45, 7) is 34.2. The van der Waals surface area contributed by atoms with Crippen LogP contribution in [0.2, 0.25) is 0 Å². The summed E-state index contributed by atoms with van der Waals surface area (Å²) in [6.07, 6.45) is 1.85. The Hall–Kier alpha value is -6.77. The van der Waals surface area contributed by atoms with Gasteiger partial charge in [0.05, 0.1) is 5.56 Å². The number of halogens is 5. The van der Waals surface area contributed by atoms with E-state index in [4.69, 9.17) is 9.72 Å². The summed E-state index contributed by atoms with van der Waals surface area (Å²) in [6, 6.07) is 44.7. The monoisotopic (exact) mass is 1240 g/mol. The second-order valence-electron chi connectivity index (χ2n) is 25.7. The van der Waals surface area contributed by atoms with Gasteiger partial charge in [0, 0.05) is 66.9 Å². The number of para-hydroxylation sites is 4. The van der Waals surface area contributed by atoms with E-state index in [9.17, 15) is 4.39 Å². The van der Waals surface area contributed by atoms with Gasteiger partial charge in [0.2, 0.25) is 5.82 Å². The first kappa shape index (κ1) is 56.9. The Morgan fingerprint density at radius 3 is 1.65 bits per heavy atom. The maximum atomic E-state index is 16.1. The Morgan fingerprint density at radius 2 is 1.05 bits per heavy atom. The van der Waals surface area contributed by atoms with Crippen LogP contribution < -0.4 is 14.5 Å². The fourth-order valence-corrected chi connectivity index (χ4v) is 10.7. The van der Waals surface area contributed by atoms with Crippen molar-refractivity contribution in [2.75, 3.05) is 9.80 Å². The molecule has 0 saturated carbocycles. The van der Waals surface area contributed by atoms with Crippen LogP contribution in [0, 0.1) is 47.9 Å². The molecule has 412 valence electrons. The van der Waals surface area contributed by atoms with Crippen molar-refractivity contribution in [1.29, 1.82) is 0 Å². The first-order chi connectivity index (χ1) is 36.4. The summed E-state index contributed by atoms with van der Waals surface area (Å²) < 4.78 is 86.4. The van der Waals surface area contributed by atoms with Gasteiger partial charge in [0.25, 0.3) is 0 Å². The van der Waals surface area contributed by atoms with E-state index in [1.165, 1.54) is 11.6 Å². The zero-order valence-corrected chi connectivity index (χ0v) is 49.8. The Kier molecular flexibility index (Phi) is 14.5. The van der Waals surface area contributed by atoms with Gasteiger partial charge in [-0.15, -0.1) is 53.6 Å². The van der Waals surface area contributed by atoms with Gasteiger partial charge < -0.3 is 19.1 Å². The van der Waals surface area contributed by atoms with Crippen molar-refractivity contribution < 1.29 is 47.8 Å². The Morgan fingerprint density at radius 1 is 0.481 bits per heavy atom. The van der Waals surface area contributed by atoms with Gasteiger partial charge in [-0.25, -0.2) is 26.9 Å². The van der Waals surface area contributed by atoms with Crippen molar-refractivity contribution >= 4 is 44.6 Å². The number of aromatic nitrogens is 2. The van der Waals surface area contributed by atoms with Gasteiger partial charge in [-0.05, 0) is 96.2 Å². The maximum Gasteiger partial charge on any atom is 0.200 e. The van der Waals surface area contributed by atoms with Crippen molar-refractivity contribution in [3.8, 4) is 39.6 Å². The molecular formula is C68H66F5N4OPt-3. The molecule has 1 aliphatic rings. The van der Waals surface area contributed by atoms with Crippen LogP contribution in [0.4, 0.5) is 44.7 Å². The van der Waals surface area contributed by atoms with E-state index in [2.05, 4.69) is 142 Å². The van der Waals surface area contributed by atoms with Crippen LogP contribution in [0.15, 0.2) is 121 Å². The predicted octanol–water partition coefficient (Wildman–Crippen LogP) is 19.5. The normalized spacial score (nSPS) is 13.4. The van der Waals surface area contributed by atoms with Crippen LogP contribution in [-0.2, 0) is 48.1 Å². The zero-order valence-electron chi connectivity index (χ0n) is 47.5. The number of anilines is 4. The molecule has 0 aliphatic carbocycles. The molecule has 9 aromatic rings. The SMILES string of the molecule is CC(C)(C)c1ccnc(-n2c3[c-]c(Oc4[c-]c(N5[CH-]N(c6c(-c7c(F)c(F)c(F)c(F)c7F)cccc6C(C)(C)C)c6ccccc65)cc(-c5c(C(C)(C)C)cc(C(C)(C)C)cc5C(C)(C)C)c4)ccc3c3ccccc32)c1.[Pt]. The van der Waals surface area contributed by atoms with Crippen molar-refractivity contribution in [3.63, 3.8) is 0 Å². The molecule has 0 bridgehead atoms. The number of hydrogen-bond donors (Lipinski definition) is 0. The molecule has 0 amide bonds. The molecule has 10 rings (SSSR count). The molecular weight excluding hydrogens is 1180 g/mol. The molecule has 11 heteroatoms. The summed E-state index contributed by atoms with van der Waals surface area (Å²) in [7, 11) is 0. The molecule has 2 aromatic heterocycles. The van der Waals surface area contributed by atoms with Crippen LogP contribution in [0.5, 0.6) is 11.5 Å². The first-order valence-electron chi connectivity index (χ1n) is 26.5. The maximum absolute atomic E-state index is 16.1. The van der Waals surface area contributed by atoms with E-state index in [0.717, 1.165) is 55.4 Å². The van der Waals surface area contributed by atoms with Crippen molar-refractivity contribution in [2.45, 2.75) is 131 Å². The third-order valence-corrected chi connectivity index (χ3v) is 14.8. The molecule has 0 fully saturated rings. The van der Waals surface area contributed by atoms with Gasteiger partial charge in [0.1, 0.15) is 5.82 Å². The molecule has 0 spiro atoms. The molecule has 1 aliphatic heterocycles. The number of ether oxygens (including phenoxy) is 1. The second kappa shape index (κ2) is 20.1. The number of hydrogen-bond acceptors (Lipinski definition) is 4. The second-order valence-corrected chi connectivity index (χ2v) is 25.7. The predicted molar refractivity (Wildman–Crippen MR) is 308 cm³/mol. The van der Waals surface area contributed by atoms with Crippen molar-refractivity contribution in [1.82, 2.24) is 9.55 Å². The number of nitrogens with zero attached hydrogens (tertiary/aromatic N) is 4. The van der Waals surface area contributed by atoms with Gasteiger partial charge in [0.15, 0.2) is 23.3 Å². The molecule has 0 N–H and O–H groups in total. The van der Waals surface area contributed by atoms with Gasteiger partial charge in [-0.2, -0.15) is 6.07 Å². The zero-order chi connectivity index (χ0) is 56.3. The third kappa shape index (κ3) is 10.3. The minimum absolute atomic E-state index is 0. The van der Waals surface area contributed by atoms with E-state index in [0.29, 0.717) is 34.1 Å². The number of benzene rings is 7. The molecule has 79 heavy (non-hydrogen) atoms. The Balaban J connectivity index is 0.00000757. The Bertz CT molecular complexity index is 3800. The third-order valence-electron chi connectivity index (χ3n) is 14.8. The van der Waals surface area contributed by atoms with E-state index < -0.39 is 40.1 Å². The van der Waals surface area contributed by atoms with Crippen molar-refractivity contribution in [3.05, 3.63) is 197 Å². The average molecular weight is 1250 g/mol. The van der Waals surface area contributed by atoms with Gasteiger partial charge in [-0.1, -0.05) is 170 Å². The smallest absolute Gasteiger partial charge is 0.200 e. The quantitative estimate of drug-likeness (QED) is 0.0689.